The van der Waals surface area contributed by atoms with Crippen LogP contribution in [0.15, 0.2) is 90.1 Å². The lowest BCUT2D eigenvalue weighted by Crippen LogP contribution is -2.70. The summed E-state index contributed by atoms with van der Waals surface area (Å²) >= 11 is 0. The number of carbonyl (C=O) groups excluding carboxylic acids is 2. The summed E-state index contributed by atoms with van der Waals surface area (Å²) < 4.78 is 20.8. The van der Waals surface area contributed by atoms with Crippen LogP contribution in [0.2, 0.25) is 0 Å². The molecular weight excluding hydrogens is 879 g/mol. The average molecular weight is 962 g/mol. The first-order valence-electron chi connectivity index (χ1n) is 27.0. The molecule has 2 amide bonds. The Balaban J connectivity index is 1.29. The summed E-state index contributed by atoms with van der Waals surface area (Å²) in [6, 6.07) is 19.6. The molecule has 11 heteroatoms. The highest BCUT2D eigenvalue weighted by molar-refractivity contribution is 6.03. The molecule has 6 unspecified atom stereocenters. The van der Waals surface area contributed by atoms with Gasteiger partial charge in [-0.1, -0.05) is 137 Å². The van der Waals surface area contributed by atoms with Gasteiger partial charge in [0.15, 0.2) is 0 Å². The molecular formula is C59H83N3O8. The second kappa shape index (κ2) is 25.6. The molecule has 1 heterocycles. The van der Waals surface area contributed by atoms with Crippen molar-refractivity contribution in [2.45, 2.75) is 180 Å². The molecule has 3 aromatic carbocycles. The zero-order valence-electron chi connectivity index (χ0n) is 42.8. The minimum Gasteiger partial charge on any atom is -0.459 e. The number of rotatable bonds is 28. The highest BCUT2D eigenvalue weighted by atomic mass is 16.7. The summed E-state index contributed by atoms with van der Waals surface area (Å²) in [6.45, 7) is 13.6. The molecule has 11 nitrogen and oxygen atoms in total. The second-order valence-electron chi connectivity index (χ2n) is 21.4. The van der Waals surface area contributed by atoms with E-state index in [0.717, 1.165) is 91.0 Å². The molecule has 4 aliphatic rings. The third kappa shape index (κ3) is 13.4. The van der Waals surface area contributed by atoms with Crippen molar-refractivity contribution < 1.29 is 38.9 Å². The van der Waals surface area contributed by atoms with Crippen molar-refractivity contribution in [3.05, 3.63) is 96.1 Å². The van der Waals surface area contributed by atoms with E-state index in [1.807, 2.05) is 49.9 Å². The number of oxime groups is 1. The molecule has 0 aromatic heterocycles. The van der Waals surface area contributed by atoms with E-state index in [-0.39, 0.29) is 49.4 Å². The van der Waals surface area contributed by atoms with Crippen molar-refractivity contribution in [1.82, 2.24) is 10.2 Å². The van der Waals surface area contributed by atoms with Gasteiger partial charge in [-0.15, -0.1) is 6.58 Å². The van der Waals surface area contributed by atoms with E-state index >= 15 is 4.79 Å². The highest BCUT2D eigenvalue weighted by Crippen LogP contribution is 2.62. The van der Waals surface area contributed by atoms with Crippen molar-refractivity contribution in [2.75, 3.05) is 26.4 Å². The lowest BCUT2D eigenvalue weighted by molar-refractivity contribution is -0.258. The second-order valence-corrected chi connectivity index (χ2v) is 21.4. The van der Waals surface area contributed by atoms with Crippen molar-refractivity contribution in [3.8, 4) is 11.5 Å². The van der Waals surface area contributed by atoms with Crippen LogP contribution >= 0.6 is 0 Å². The SMILES string of the molecule is C=CCOC12Oc3ccc(OC(=O)NCCCCCCCCCCCC)cc3C3C(CCCCO)C(CCCCO)C=C(C(=NOC(C)(C)C)CC1N(Cc1cccc4ccccc14)C(=O)C1CC1)C32. The van der Waals surface area contributed by atoms with Gasteiger partial charge in [-0.3, -0.25) is 4.79 Å². The molecule has 0 spiro atoms. The number of nitrogens with zero attached hydrogens (tertiary/aromatic N) is 2. The van der Waals surface area contributed by atoms with Crippen LogP contribution in [0.3, 0.4) is 0 Å². The number of unbranched alkanes of at least 4 members (excludes halogenated alkanes) is 11. The number of carbonyl (C=O) groups is 2. The predicted octanol–water partition coefficient (Wildman–Crippen LogP) is 12.7. The van der Waals surface area contributed by atoms with E-state index in [4.69, 9.17) is 24.2 Å². The topological polar surface area (TPSA) is 139 Å². The number of aliphatic hydroxyl groups excluding tert-OH is 2. The number of allylic oxidation sites excluding steroid dienone is 1. The first-order chi connectivity index (χ1) is 34.0. The van der Waals surface area contributed by atoms with Crippen molar-refractivity contribution in [3.63, 3.8) is 0 Å². The summed E-state index contributed by atoms with van der Waals surface area (Å²) in [5, 5.41) is 30.3. The third-order valence-corrected chi connectivity index (χ3v) is 14.9. The van der Waals surface area contributed by atoms with Crippen LogP contribution in [0.25, 0.3) is 10.8 Å². The number of hydrogen-bond acceptors (Lipinski definition) is 9. The number of ether oxygens (including phenoxy) is 3. The molecule has 0 radical (unpaired) electrons. The lowest BCUT2D eigenvalue weighted by Gasteiger charge is -2.60. The minimum atomic E-state index is -1.40. The first kappa shape index (κ1) is 53.1. The van der Waals surface area contributed by atoms with Gasteiger partial charge < -0.3 is 39.5 Å². The molecule has 0 bridgehead atoms. The molecule has 3 N–H and O–H groups in total. The maximum atomic E-state index is 15.1. The van der Waals surface area contributed by atoms with Gasteiger partial charge in [0.1, 0.15) is 23.1 Å². The van der Waals surface area contributed by atoms with E-state index in [1.165, 1.54) is 44.9 Å². The Kier molecular flexibility index (Phi) is 19.4. The van der Waals surface area contributed by atoms with E-state index in [2.05, 4.69) is 55.2 Å². The zero-order chi connectivity index (χ0) is 49.5. The number of fused-ring (bicyclic) bond motifs is 3. The van der Waals surface area contributed by atoms with Crippen LogP contribution in [0.4, 0.5) is 4.79 Å². The lowest BCUT2D eigenvalue weighted by atomic mass is 9.55. The maximum Gasteiger partial charge on any atom is 0.412 e. The van der Waals surface area contributed by atoms with Gasteiger partial charge in [-0.25, -0.2) is 4.79 Å². The monoisotopic (exact) mass is 962 g/mol. The number of benzene rings is 3. The Bertz CT molecular complexity index is 2240. The van der Waals surface area contributed by atoms with Crippen LogP contribution in [0.1, 0.15) is 167 Å². The Morgan fingerprint density at radius 3 is 2.29 bits per heavy atom. The van der Waals surface area contributed by atoms with E-state index < -0.39 is 29.4 Å². The summed E-state index contributed by atoms with van der Waals surface area (Å²) in [5.41, 5.74) is 3.07. The van der Waals surface area contributed by atoms with Crippen molar-refractivity contribution in [2.24, 2.45) is 28.8 Å². The van der Waals surface area contributed by atoms with Crippen LogP contribution < -0.4 is 14.8 Å². The Morgan fingerprint density at radius 2 is 1.59 bits per heavy atom. The molecule has 382 valence electrons. The fraction of sp³-hybridized carbons (Fsp3) is 0.610. The molecule has 2 saturated carbocycles. The Labute approximate surface area is 418 Å². The van der Waals surface area contributed by atoms with Crippen LogP contribution in [-0.2, 0) is 20.9 Å². The van der Waals surface area contributed by atoms with Gasteiger partial charge >= 0.3 is 6.09 Å². The molecule has 7 rings (SSSR count). The Hall–Kier alpha value is -4.71. The largest absolute Gasteiger partial charge is 0.459 e. The molecule has 6 atom stereocenters. The van der Waals surface area contributed by atoms with Gasteiger partial charge in [0.25, 0.3) is 0 Å². The normalized spacial score (nSPS) is 23.2. The fourth-order valence-electron chi connectivity index (χ4n) is 11.4. The van der Waals surface area contributed by atoms with Crippen LogP contribution in [0.5, 0.6) is 11.5 Å². The molecule has 3 aromatic rings. The highest BCUT2D eigenvalue weighted by Gasteiger charge is 2.66. The van der Waals surface area contributed by atoms with Crippen molar-refractivity contribution >= 4 is 28.5 Å². The zero-order valence-corrected chi connectivity index (χ0v) is 42.8. The van der Waals surface area contributed by atoms with E-state index in [1.54, 1.807) is 12.1 Å². The Morgan fingerprint density at radius 1 is 0.886 bits per heavy atom. The third-order valence-electron chi connectivity index (χ3n) is 14.9. The van der Waals surface area contributed by atoms with Gasteiger partial charge in [0.2, 0.25) is 11.7 Å². The minimum absolute atomic E-state index is 0.0305. The molecule has 0 saturated heterocycles. The average Bonchev–Trinajstić information content (AvgIpc) is 4.21. The van der Waals surface area contributed by atoms with E-state index in [9.17, 15) is 15.0 Å². The molecule has 3 aliphatic carbocycles. The summed E-state index contributed by atoms with van der Waals surface area (Å²) in [4.78, 5) is 37.0. The first-order valence-corrected chi connectivity index (χ1v) is 27.0. The standard InChI is InChI=1S/C59H83N3O8/c1-6-8-9-10-11-12-13-14-15-20-34-60-57(66)68-46-32-33-52-50(39-46)54-48(29-19-22-36-64)44(25-18-21-35-63)38-49-51(61-70-58(3,4)5)40-53(59(69-52,55(49)54)67-37-7-2)62(56(65)43-30-31-43)41-45-27-23-26-42-24-16-17-28-47(42)45/h7,16-17,23-24,26-28,32-33,38-39,43-44,48,53-55,63-64H,2,6,8-15,18-22,25,29-31,34-37,40-41H2,1,3-5H3,(H,60,66). The summed E-state index contributed by atoms with van der Waals surface area (Å²) in [5.74, 6) is -1.02. The fourth-order valence-corrected chi connectivity index (χ4v) is 11.4. The van der Waals surface area contributed by atoms with Crippen LogP contribution in [0, 0.1) is 23.7 Å². The van der Waals surface area contributed by atoms with Gasteiger partial charge in [-0.05, 0) is 118 Å². The van der Waals surface area contributed by atoms with Crippen molar-refractivity contribution in [1.29, 1.82) is 0 Å². The summed E-state index contributed by atoms with van der Waals surface area (Å²) in [7, 11) is 0. The van der Waals surface area contributed by atoms with Crippen LogP contribution in [-0.4, -0.2) is 76.6 Å². The predicted molar refractivity (Wildman–Crippen MR) is 279 cm³/mol. The van der Waals surface area contributed by atoms with Gasteiger partial charge in [0.05, 0.1) is 18.2 Å². The summed E-state index contributed by atoms with van der Waals surface area (Å²) in [6.07, 6.45) is 22.3. The maximum absolute atomic E-state index is 15.1. The smallest absolute Gasteiger partial charge is 0.412 e. The molecule has 2 fully saturated rings. The van der Waals surface area contributed by atoms with E-state index in [0.29, 0.717) is 43.9 Å². The quantitative estimate of drug-likeness (QED) is 0.0371. The molecule has 1 aliphatic heterocycles. The number of amides is 2. The molecule has 70 heavy (non-hydrogen) atoms. The number of hydrogen-bond donors (Lipinski definition) is 3. The van der Waals surface area contributed by atoms with Gasteiger partial charge in [0, 0.05) is 50.1 Å². The van der Waals surface area contributed by atoms with Gasteiger partial charge in [-0.2, -0.15) is 0 Å². The number of nitrogens with one attached hydrogen (secondary N) is 1. The number of aliphatic hydroxyl groups is 2.